The highest BCUT2D eigenvalue weighted by Gasteiger charge is 2.25. The zero-order valence-corrected chi connectivity index (χ0v) is 14.0. The number of aromatic nitrogens is 2. The Bertz CT molecular complexity index is 736. The van der Waals surface area contributed by atoms with E-state index in [4.69, 9.17) is 0 Å². The van der Waals surface area contributed by atoms with Crippen LogP contribution in [0.3, 0.4) is 0 Å². The average molecular weight is 334 g/mol. The summed E-state index contributed by atoms with van der Waals surface area (Å²) in [5, 5.41) is 3.93. The summed E-state index contributed by atoms with van der Waals surface area (Å²) in [5.41, 5.74) is 1.14. The maximum Gasteiger partial charge on any atom is 0.243 e. The normalized spacial score (nSPS) is 17.4. The zero-order valence-electron chi connectivity index (χ0n) is 13.2. The summed E-state index contributed by atoms with van der Waals surface area (Å²) in [6.07, 6.45) is 5.21. The summed E-state index contributed by atoms with van der Waals surface area (Å²) < 4.78 is 29.1. The Morgan fingerprint density at radius 2 is 1.91 bits per heavy atom. The Morgan fingerprint density at radius 1 is 1.22 bits per heavy atom. The topological polar surface area (TPSA) is 67.2 Å². The van der Waals surface area contributed by atoms with Gasteiger partial charge < -0.3 is 0 Å². The molecule has 0 saturated carbocycles. The Balaban J connectivity index is 1.76. The van der Waals surface area contributed by atoms with Gasteiger partial charge in [-0.2, -0.15) is 5.10 Å². The van der Waals surface area contributed by atoms with Gasteiger partial charge in [-0.1, -0.05) is 30.3 Å². The fraction of sp³-hybridized carbons (Fsp3) is 0.438. The number of hydrogen-bond acceptors (Lipinski definition) is 4. The van der Waals surface area contributed by atoms with E-state index in [1.807, 2.05) is 18.2 Å². The molecule has 1 aromatic heterocycles. The number of nitrogens with zero attached hydrogens (tertiary/aromatic N) is 3. The molecule has 3 rings (SSSR count). The lowest BCUT2D eigenvalue weighted by Crippen LogP contribution is -2.36. The molecule has 1 saturated heterocycles. The minimum atomic E-state index is -3.53. The van der Waals surface area contributed by atoms with Crippen molar-refractivity contribution in [2.45, 2.75) is 23.8 Å². The fourth-order valence-corrected chi connectivity index (χ4v) is 4.02. The molecule has 0 amide bonds. The van der Waals surface area contributed by atoms with Crippen LogP contribution in [-0.2, 0) is 17.1 Å². The van der Waals surface area contributed by atoms with E-state index in [1.165, 1.54) is 29.9 Å². The average Bonchev–Trinajstić information content (AvgIpc) is 3.20. The van der Waals surface area contributed by atoms with E-state index in [2.05, 4.69) is 26.9 Å². The van der Waals surface area contributed by atoms with Gasteiger partial charge in [-0.25, -0.2) is 13.1 Å². The van der Waals surface area contributed by atoms with E-state index in [9.17, 15) is 8.42 Å². The highest BCUT2D eigenvalue weighted by molar-refractivity contribution is 7.89. The third-order valence-electron chi connectivity index (χ3n) is 4.22. The van der Waals surface area contributed by atoms with Crippen molar-refractivity contribution in [1.82, 2.24) is 19.4 Å². The molecule has 7 heteroatoms. The first-order valence-corrected chi connectivity index (χ1v) is 9.32. The number of sulfonamides is 1. The minimum absolute atomic E-state index is 0.0603. The molecule has 124 valence electrons. The number of aryl methyl sites for hydroxylation is 1. The molecule has 23 heavy (non-hydrogen) atoms. The monoisotopic (exact) mass is 334 g/mol. The first-order valence-electron chi connectivity index (χ1n) is 7.83. The van der Waals surface area contributed by atoms with E-state index >= 15 is 0 Å². The highest BCUT2D eigenvalue weighted by Crippen LogP contribution is 2.24. The van der Waals surface area contributed by atoms with Gasteiger partial charge in [-0.3, -0.25) is 9.58 Å². The summed E-state index contributed by atoms with van der Waals surface area (Å²) in [4.78, 5) is 2.55. The highest BCUT2D eigenvalue weighted by atomic mass is 32.2. The predicted molar refractivity (Wildman–Crippen MR) is 88.4 cm³/mol. The number of rotatable bonds is 6. The Morgan fingerprint density at radius 3 is 2.52 bits per heavy atom. The maximum atomic E-state index is 12.4. The van der Waals surface area contributed by atoms with Gasteiger partial charge in [0, 0.05) is 25.8 Å². The number of hydrogen-bond donors (Lipinski definition) is 1. The third-order valence-corrected chi connectivity index (χ3v) is 5.60. The molecule has 6 nitrogen and oxygen atoms in total. The van der Waals surface area contributed by atoms with Crippen molar-refractivity contribution in [1.29, 1.82) is 0 Å². The third kappa shape index (κ3) is 3.80. The summed E-state index contributed by atoms with van der Waals surface area (Å²) in [7, 11) is -1.83. The smallest absolute Gasteiger partial charge is 0.243 e. The SMILES string of the molecule is Cn1cc(S(=O)(=O)NC[C@H](c2ccccc2)N2CCCC2)cn1. The lowest BCUT2D eigenvalue weighted by atomic mass is 10.1. The molecule has 0 unspecified atom stereocenters. The van der Waals surface area contributed by atoms with Crippen molar-refractivity contribution < 1.29 is 8.42 Å². The number of likely N-dealkylation sites (tertiary alicyclic amines) is 1. The van der Waals surface area contributed by atoms with Crippen molar-refractivity contribution in [2.24, 2.45) is 7.05 Å². The zero-order chi connectivity index (χ0) is 16.3. The quantitative estimate of drug-likeness (QED) is 0.870. The van der Waals surface area contributed by atoms with Crippen LogP contribution in [0.4, 0.5) is 0 Å². The van der Waals surface area contributed by atoms with Crippen LogP contribution in [-0.4, -0.2) is 42.7 Å². The summed E-state index contributed by atoms with van der Waals surface area (Å²) in [6, 6.07) is 10.1. The van der Waals surface area contributed by atoms with E-state index in [0.29, 0.717) is 6.54 Å². The summed E-state index contributed by atoms with van der Waals surface area (Å²) in [5.74, 6) is 0. The molecular weight excluding hydrogens is 312 g/mol. The van der Waals surface area contributed by atoms with Gasteiger partial charge in [0.2, 0.25) is 10.0 Å². The molecule has 0 bridgehead atoms. The first-order chi connectivity index (χ1) is 11.1. The minimum Gasteiger partial charge on any atom is -0.295 e. The molecule has 2 heterocycles. The van der Waals surface area contributed by atoms with Crippen molar-refractivity contribution in [3.05, 3.63) is 48.3 Å². The second-order valence-electron chi connectivity index (χ2n) is 5.87. The van der Waals surface area contributed by atoms with Crippen molar-refractivity contribution in [3.8, 4) is 0 Å². The lowest BCUT2D eigenvalue weighted by Gasteiger charge is -2.28. The van der Waals surface area contributed by atoms with Crippen LogP contribution in [0.2, 0.25) is 0 Å². The van der Waals surface area contributed by atoms with Gasteiger partial charge in [-0.05, 0) is 31.5 Å². The van der Waals surface area contributed by atoms with Crippen LogP contribution in [0.5, 0.6) is 0 Å². The first kappa shape index (κ1) is 16.2. The standard InChI is InChI=1S/C16H22N4O2S/c1-19-13-15(11-17-19)23(21,22)18-12-16(20-9-5-6-10-20)14-7-3-2-4-8-14/h2-4,7-8,11,13,16,18H,5-6,9-10,12H2,1H3/t16-/m1/s1. The molecule has 0 radical (unpaired) electrons. The van der Waals surface area contributed by atoms with Crippen LogP contribution in [0.25, 0.3) is 0 Å². The van der Waals surface area contributed by atoms with Gasteiger partial charge in [0.15, 0.2) is 0 Å². The van der Waals surface area contributed by atoms with E-state index < -0.39 is 10.0 Å². The second kappa shape index (κ2) is 6.82. The van der Waals surface area contributed by atoms with E-state index in [0.717, 1.165) is 18.7 Å². The molecule has 0 aliphatic carbocycles. The van der Waals surface area contributed by atoms with Gasteiger partial charge in [0.1, 0.15) is 4.90 Å². The molecule has 1 atom stereocenters. The van der Waals surface area contributed by atoms with Crippen LogP contribution >= 0.6 is 0 Å². The molecule has 1 aliphatic heterocycles. The molecule has 1 aliphatic rings. The lowest BCUT2D eigenvalue weighted by molar-refractivity contribution is 0.246. The number of nitrogens with one attached hydrogen (secondary N) is 1. The summed E-state index contributed by atoms with van der Waals surface area (Å²) in [6.45, 7) is 2.38. The van der Waals surface area contributed by atoms with Crippen LogP contribution in [0.15, 0.2) is 47.6 Å². The molecule has 1 aromatic carbocycles. The largest absolute Gasteiger partial charge is 0.295 e. The summed E-state index contributed by atoms with van der Waals surface area (Å²) >= 11 is 0. The van der Waals surface area contributed by atoms with Crippen molar-refractivity contribution in [3.63, 3.8) is 0 Å². The van der Waals surface area contributed by atoms with Crippen molar-refractivity contribution in [2.75, 3.05) is 19.6 Å². The predicted octanol–water partition coefficient (Wildman–Crippen LogP) is 1.54. The number of benzene rings is 1. The van der Waals surface area contributed by atoms with Crippen molar-refractivity contribution >= 4 is 10.0 Å². The second-order valence-corrected chi connectivity index (χ2v) is 7.64. The van der Waals surface area contributed by atoms with E-state index in [-0.39, 0.29) is 10.9 Å². The Hall–Kier alpha value is -1.70. The van der Waals surface area contributed by atoms with Crippen LogP contribution < -0.4 is 4.72 Å². The van der Waals surface area contributed by atoms with Crippen LogP contribution in [0, 0.1) is 0 Å². The Kier molecular flexibility index (Phi) is 4.79. The van der Waals surface area contributed by atoms with E-state index in [1.54, 1.807) is 7.05 Å². The molecule has 0 spiro atoms. The molecule has 1 fully saturated rings. The Labute approximate surface area is 137 Å². The maximum absolute atomic E-state index is 12.4. The van der Waals surface area contributed by atoms with Gasteiger partial charge >= 0.3 is 0 Å². The molecular formula is C16H22N4O2S. The van der Waals surface area contributed by atoms with Crippen LogP contribution in [0.1, 0.15) is 24.4 Å². The molecule has 2 aromatic rings. The van der Waals surface area contributed by atoms with Gasteiger partial charge in [-0.15, -0.1) is 0 Å². The fourth-order valence-electron chi connectivity index (χ4n) is 3.00. The van der Waals surface area contributed by atoms with Gasteiger partial charge in [0.05, 0.1) is 6.20 Å². The van der Waals surface area contributed by atoms with Gasteiger partial charge in [0.25, 0.3) is 0 Å². The molecule has 1 N–H and O–H groups in total.